The van der Waals surface area contributed by atoms with E-state index in [9.17, 15) is 5.11 Å². The predicted octanol–water partition coefficient (Wildman–Crippen LogP) is 0.0987. The Morgan fingerprint density at radius 2 is 1.26 bits per heavy atom. The van der Waals surface area contributed by atoms with E-state index in [2.05, 4.69) is 26.0 Å². The third-order valence-electron chi connectivity index (χ3n) is 3.39. The van der Waals surface area contributed by atoms with Gasteiger partial charge in [0.15, 0.2) is 0 Å². The van der Waals surface area contributed by atoms with Gasteiger partial charge in [-0.1, -0.05) is 50.2 Å². The molecule has 0 aliphatic carbocycles. The SMILES string of the molecule is COc1ccc(C(C)(C)c2ccc([O-])cc2)cc1.[Na+]. The van der Waals surface area contributed by atoms with E-state index in [1.807, 2.05) is 24.3 Å². The summed E-state index contributed by atoms with van der Waals surface area (Å²) in [6, 6.07) is 15.0. The largest absolute Gasteiger partial charge is 1.00 e. The van der Waals surface area contributed by atoms with Gasteiger partial charge in [0.1, 0.15) is 5.75 Å². The van der Waals surface area contributed by atoms with Crippen molar-refractivity contribution in [2.45, 2.75) is 19.3 Å². The molecule has 3 heteroatoms. The Bertz CT molecular complexity index is 515. The average molecular weight is 264 g/mol. The molecule has 0 fully saturated rings. The molecule has 0 atom stereocenters. The molecular weight excluding hydrogens is 247 g/mol. The van der Waals surface area contributed by atoms with Crippen LogP contribution in [0.1, 0.15) is 25.0 Å². The Kier molecular flexibility index (Phi) is 5.48. The van der Waals surface area contributed by atoms with Crippen LogP contribution < -0.4 is 39.4 Å². The molecule has 0 amide bonds. The third-order valence-corrected chi connectivity index (χ3v) is 3.39. The fourth-order valence-electron chi connectivity index (χ4n) is 2.05. The van der Waals surface area contributed by atoms with Crippen LogP contribution >= 0.6 is 0 Å². The number of hydrogen-bond donors (Lipinski definition) is 0. The molecule has 0 heterocycles. The summed E-state index contributed by atoms with van der Waals surface area (Å²) >= 11 is 0. The summed E-state index contributed by atoms with van der Waals surface area (Å²) in [6.07, 6.45) is 0. The van der Waals surface area contributed by atoms with Crippen molar-refractivity contribution in [1.82, 2.24) is 0 Å². The summed E-state index contributed by atoms with van der Waals surface area (Å²) in [5.41, 5.74) is 2.20. The zero-order valence-corrected chi connectivity index (χ0v) is 13.9. The van der Waals surface area contributed by atoms with Gasteiger partial charge in [-0.25, -0.2) is 0 Å². The molecule has 19 heavy (non-hydrogen) atoms. The zero-order valence-electron chi connectivity index (χ0n) is 11.9. The van der Waals surface area contributed by atoms with Crippen LogP contribution in [0, 0.1) is 0 Å². The maximum atomic E-state index is 11.2. The Hall–Kier alpha value is -0.960. The second kappa shape index (κ2) is 6.47. The van der Waals surface area contributed by atoms with Gasteiger partial charge in [0, 0.05) is 5.41 Å². The van der Waals surface area contributed by atoms with Crippen LogP contribution in [0.5, 0.6) is 11.5 Å². The number of benzene rings is 2. The molecule has 0 aliphatic rings. The molecule has 94 valence electrons. The van der Waals surface area contributed by atoms with Gasteiger partial charge < -0.3 is 9.84 Å². The Morgan fingerprint density at radius 3 is 1.68 bits per heavy atom. The average Bonchev–Trinajstić information content (AvgIpc) is 2.39. The molecule has 0 radical (unpaired) electrons. The Labute approximate surface area is 136 Å². The summed E-state index contributed by atoms with van der Waals surface area (Å²) in [5.74, 6) is 0.897. The van der Waals surface area contributed by atoms with Gasteiger partial charge in [0.25, 0.3) is 0 Å². The third kappa shape index (κ3) is 3.53. The molecule has 2 aromatic carbocycles. The molecule has 2 aromatic rings. The maximum absolute atomic E-state index is 11.2. The van der Waals surface area contributed by atoms with Crippen molar-refractivity contribution >= 4 is 0 Å². The van der Waals surface area contributed by atoms with E-state index in [4.69, 9.17) is 4.74 Å². The van der Waals surface area contributed by atoms with Gasteiger partial charge in [0.2, 0.25) is 0 Å². The van der Waals surface area contributed by atoms with Crippen molar-refractivity contribution in [3.8, 4) is 11.5 Å². The first-order valence-electron chi connectivity index (χ1n) is 5.96. The molecule has 0 bridgehead atoms. The fraction of sp³-hybridized carbons (Fsp3) is 0.250. The second-order valence-corrected chi connectivity index (χ2v) is 4.88. The molecule has 2 rings (SSSR count). The van der Waals surface area contributed by atoms with Crippen LogP contribution in [0.2, 0.25) is 0 Å². The van der Waals surface area contributed by atoms with Crippen molar-refractivity contribution in [3.63, 3.8) is 0 Å². The summed E-state index contributed by atoms with van der Waals surface area (Å²) < 4.78 is 5.16. The van der Waals surface area contributed by atoms with E-state index < -0.39 is 0 Å². The second-order valence-electron chi connectivity index (χ2n) is 4.88. The summed E-state index contributed by atoms with van der Waals surface area (Å²) in [6.45, 7) is 4.29. The minimum absolute atomic E-state index is 0. The van der Waals surface area contributed by atoms with E-state index in [-0.39, 0.29) is 40.7 Å². The minimum atomic E-state index is -0.125. The zero-order chi connectivity index (χ0) is 13.2. The normalized spacial score (nSPS) is 10.7. The summed E-state index contributed by atoms with van der Waals surface area (Å²) in [5, 5.41) is 11.2. The van der Waals surface area contributed by atoms with Crippen LogP contribution in [-0.2, 0) is 5.41 Å². The van der Waals surface area contributed by atoms with Gasteiger partial charge in [0.05, 0.1) is 7.11 Å². The number of hydrogen-bond acceptors (Lipinski definition) is 2. The first-order chi connectivity index (χ1) is 8.54. The topological polar surface area (TPSA) is 32.3 Å². The van der Waals surface area contributed by atoms with Crippen molar-refractivity contribution in [2.24, 2.45) is 0 Å². The Morgan fingerprint density at radius 1 is 0.842 bits per heavy atom. The molecule has 0 N–H and O–H groups in total. The van der Waals surface area contributed by atoms with Gasteiger partial charge in [-0.15, -0.1) is 5.75 Å². The van der Waals surface area contributed by atoms with Crippen LogP contribution in [0.3, 0.4) is 0 Å². The van der Waals surface area contributed by atoms with Crippen molar-refractivity contribution in [3.05, 3.63) is 59.7 Å². The maximum Gasteiger partial charge on any atom is 1.00 e. The van der Waals surface area contributed by atoms with E-state index >= 15 is 0 Å². The molecule has 0 spiro atoms. The smallest absolute Gasteiger partial charge is 0.872 e. The number of ether oxygens (including phenoxy) is 1. The van der Waals surface area contributed by atoms with Crippen LogP contribution in [0.25, 0.3) is 0 Å². The molecular formula is C16H17NaO2. The molecule has 0 aliphatic heterocycles. The molecule has 0 aromatic heterocycles. The standard InChI is InChI=1S/C16H18O2.Na/c1-16(2,12-4-8-14(17)9-5-12)13-6-10-15(18-3)11-7-13;/h4-11,17H,1-3H3;/q;+1/p-1. The fourth-order valence-corrected chi connectivity index (χ4v) is 2.05. The molecule has 0 saturated heterocycles. The van der Waals surface area contributed by atoms with Crippen LogP contribution in [0.4, 0.5) is 0 Å². The quantitative estimate of drug-likeness (QED) is 0.737. The number of methoxy groups -OCH3 is 1. The van der Waals surface area contributed by atoms with Crippen molar-refractivity contribution in [2.75, 3.05) is 7.11 Å². The first kappa shape index (κ1) is 16.1. The predicted molar refractivity (Wildman–Crippen MR) is 71.0 cm³/mol. The first-order valence-corrected chi connectivity index (χ1v) is 5.96. The van der Waals surface area contributed by atoms with E-state index in [1.165, 1.54) is 5.56 Å². The minimum Gasteiger partial charge on any atom is -0.872 e. The number of rotatable bonds is 3. The van der Waals surface area contributed by atoms with Crippen LogP contribution in [0.15, 0.2) is 48.5 Å². The van der Waals surface area contributed by atoms with Gasteiger partial charge in [-0.3, -0.25) is 0 Å². The van der Waals surface area contributed by atoms with E-state index in [0.29, 0.717) is 0 Å². The van der Waals surface area contributed by atoms with Crippen molar-refractivity contribution < 1.29 is 39.4 Å². The summed E-state index contributed by atoms with van der Waals surface area (Å²) in [4.78, 5) is 0. The van der Waals surface area contributed by atoms with Gasteiger partial charge in [-0.2, -0.15) is 0 Å². The van der Waals surface area contributed by atoms with Crippen LogP contribution in [-0.4, -0.2) is 7.11 Å². The molecule has 2 nitrogen and oxygen atoms in total. The summed E-state index contributed by atoms with van der Waals surface area (Å²) in [7, 11) is 1.66. The van der Waals surface area contributed by atoms with E-state index in [1.54, 1.807) is 19.2 Å². The van der Waals surface area contributed by atoms with Gasteiger partial charge in [-0.05, 0) is 23.3 Å². The monoisotopic (exact) mass is 264 g/mol. The molecule has 0 unspecified atom stereocenters. The van der Waals surface area contributed by atoms with Crippen molar-refractivity contribution in [1.29, 1.82) is 0 Å². The molecule has 0 saturated carbocycles. The Balaban J connectivity index is 0.00000180. The van der Waals surface area contributed by atoms with Gasteiger partial charge >= 0.3 is 29.6 Å². The van der Waals surface area contributed by atoms with E-state index in [0.717, 1.165) is 11.3 Å².